The predicted molar refractivity (Wildman–Crippen MR) is 63.1 cm³/mol. The molecular formula is C11H14N2O2S. The van der Waals surface area contributed by atoms with Crippen LogP contribution in [0.2, 0.25) is 0 Å². The van der Waals surface area contributed by atoms with Crippen LogP contribution in [-0.2, 0) is 4.74 Å². The van der Waals surface area contributed by atoms with E-state index < -0.39 is 0 Å². The van der Waals surface area contributed by atoms with Gasteiger partial charge >= 0.3 is 5.97 Å². The first-order valence-electron chi connectivity index (χ1n) is 5.27. The summed E-state index contributed by atoms with van der Waals surface area (Å²) in [6, 6.07) is 0. The summed E-state index contributed by atoms with van der Waals surface area (Å²) in [4.78, 5) is 17.9. The Morgan fingerprint density at radius 3 is 3.00 bits per heavy atom. The van der Waals surface area contributed by atoms with Crippen molar-refractivity contribution in [2.75, 3.05) is 6.61 Å². The number of fused-ring (bicyclic) bond motifs is 1. The van der Waals surface area contributed by atoms with Gasteiger partial charge in [0.1, 0.15) is 16.9 Å². The van der Waals surface area contributed by atoms with Crippen molar-refractivity contribution < 1.29 is 9.53 Å². The SMILES string of the molecule is CCOC(=O)c1c(C(C)C)sc2cncn12. The summed E-state index contributed by atoms with van der Waals surface area (Å²) < 4.78 is 6.88. The maximum Gasteiger partial charge on any atom is 0.356 e. The molecule has 0 bridgehead atoms. The van der Waals surface area contributed by atoms with Crippen LogP contribution in [0.5, 0.6) is 0 Å². The zero-order valence-electron chi connectivity index (χ0n) is 9.56. The molecule has 5 heteroatoms. The number of carbonyl (C=O) groups is 1. The van der Waals surface area contributed by atoms with E-state index >= 15 is 0 Å². The Morgan fingerprint density at radius 2 is 2.38 bits per heavy atom. The first-order valence-corrected chi connectivity index (χ1v) is 6.08. The van der Waals surface area contributed by atoms with Crippen LogP contribution in [0.15, 0.2) is 12.5 Å². The van der Waals surface area contributed by atoms with Gasteiger partial charge in [0.2, 0.25) is 0 Å². The lowest BCUT2D eigenvalue weighted by Crippen LogP contribution is -2.10. The molecule has 0 fully saturated rings. The number of hydrogen-bond acceptors (Lipinski definition) is 4. The van der Waals surface area contributed by atoms with Crippen molar-refractivity contribution in [2.24, 2.45) is 0 Å². The van der Waals surface area contributed by atoms with Crippen LogP contribution >= 0.6 is 11.3 Å². The standard InChI is InChI=1S/C11H14N2O2S/c1-4-15-11(14)9-10(7(2)3)16-8-5-12-6-13(8)9/h5-7H,4H2,1-3H3. The maximum absolute atomic E-state index is 11.9. The van der Waals surface area contributed by atoms with Crippen LogP contribution in [0.3, 0.4) is 0 Å². The molecule has 0 unspecified atom stereocenters. The van der Waals surface area contributed by atoms with E-state index in [1.807, 2.05) is 6.92 Å². The summed E-state index contributed by atoms with van der Waals surface area (Å²) in [5.74, 6) is 0.0414. The Morgan fingerprint density at radius 1 is 1.62 bits per heavy atom. The van der Waals surface area contributed by atoms with Gasteiger partial charge in [0.25, 0.3) is 0 Å². The molecule has 0 amide bonds. The van der Waals surface area contributed by atoms with Gasteiger partial charge in [-0.25, -0.2) is 9.78 Å². The van der Waals surface area contributed by atoms with Crippen molar-refractivity contribution in [1.82, 2.24) is 9.38 Å². The first-order chi connectivity index (χ1) is 7.65. The minimum Gasteiger partial charge on any atom is -0.461 e. The van der Waals surface area contributed by atoms with E-state index in [4.69, 9.17) is 4.74 Å². The van der Waals surface area contributed by atoms with Gasteiger partial charge in [-0.05, 0) is 12.8 Å². The van der Waals surface area contributed by atoms with Gasteiger partial charge in [-0.1, -0.05) is 13.8 Å². The third kappa shape index (κ3) is 1.71. The second kappa shape index (κ2) is 4.25. The third-order valence-corrected chi connectivity index (χ3v) is 3.68. The summed E-state index contributed by atoms with van der Waals surface area (Å²) in [5, 5.41) is 0. The fraction of sp³-hybridized carbons (Fsp3) is 0.455. The van der Waals surface area contributed by atoms with Gasteiger partial charge in [0.15, 0.2) is 0 Å². The minimum absolute atomic E-state index is 0.268. The second-order valence-electron chi connectivity index (χ2n) is 3.79. The van der Waals surface area contributed by atoms with Crippen molar-refractivity contribution in [2.45, 2.75) is 26.7 Å². The lowest BCUT2D eigenvalue weighted by molar-refractivity contribution is 0.0517. The molecule has 0 saturated carbocycles. The molecular weight excluding hydrogens is 224 g/mol. The molecule has 0 spiro atoms. The zero-order valence-corrected chi connectivity index (χ0v) is 10.4. The van der Waals surface area contributed by atoms with Crippen molar-refractivity contribution in [1.29, 1.82) is 0 Å². The number of nitrogens with zero attached hydrogens (tertiary/aromatic N) is 2. The number of hydrogen-bond donors (Lipinski definition) is 0. The van der Waals surface area contributed by atoms with E-state index in [0.29, 0.717) is 18.2 Å². The van der Waals surface area contributed by atoms with Crippen LogP contribution in [0.25, 0.3) is 4.83 Å². The summed E-state index contributed by atoms with van der Waals surface area (Å²) in [6.45, 7) is 6.34. The molecule has 0 N–H and O–H groups in total. The minimum atomic E-state index is -0.268. The summed E-state index contributed by atoms with van der Waals surface area (Å²) in [7, 11) is 0. The number of thiazole rings is 1. The second-order valence-corrected chi connectivity index (χ2v) is 4.85. The number of carbonyl (C=O) groups excluding carboxylic acids is 1. The fourth-order valence-corrected chi connectivity index (χ4v) is 2.69. The Hall–Kier alpha value is -1.36. The molecule has 16 heavy (non-hydrogen) atoms. The Balaban J connectivity index is 2.57. The van der Waals surface area contributed by atoms with E-state index in [2.05, 4.69) is 18.8 Å². The smallest absolute Gasteiger partial charge is 0.356 e. The average molecular weight is 238 g/mol. The highest BCUT2D eigenvalue weighted by atomic mass is 32.1. The Kier molecular flexibility index (Phi) is 2.96. The van der Waals surface area contributed by atoms with Crippen LogP contribution < -0.4 is 0 Å². The molecule has 0 aliphatic rings. The average Bonchev–Trinajstić information content (AvgIpc) is 2.75. The number of rotatable bonds is 3. The summed E-state index contributed by atoms with van der Waals surface area (Å²) >= 11 is 1.59. The van der Waals surface area contributed by atoms with Crippen molar-refractivity contribution >= 4 is 22.1 Å². The van der Waals surface area contributed by atoms with E-state index in [1.165, 1.54) is 0 Å². The molecule has 4 nitrogen and oxygen atoms in total. The molecule has 2 aromatic heterocycles. The highest BCUT2D eigenvalue weighted by Gasteiger charge is 2.22. The molecule has 86 valence electrons. The van der Waals surface area contributed by atoms with Crippen molar-refractivity contribution in [3.8, 4) is 0 Å². The molecule has 0 radical (unpaired) electrons. The van der Waals surface area contributed by atoms with E-state index in [-0.39, 0.29) is 5.97 Å². The topological polar surface area (TPSA) is 43.6 Å². The maximum atomic E-state index is 11.9. The van der Waals surface area contributed by atoms with E-state index in [9.17, 15) is 4.79 Å². The first kappa shape index (κ1) is 11.1. The van der Waals surface area contributed by atoms with Crippen LogP contribution in [-0.4, -0.2) is 22.0 Å². The highest BCUT2D eigenvalue weighted by Crippen LogP contribution is 2.30. The molecule has 0 aliphatic carbocycles. The summed E-state index contributed by atoms with van der Waals surface area (Å²) in [5.41, 5.74) is 0.620. The Bertz CT molecular complexity index is 513. The van der Waals surface area contributed by atoms with Gasteiger partial charge in [-0.15, -0.1) is 11.3 Å². The number of ether oxygens (including phenoxy) is 1. The van der Waals surface area contributed by atoms with E-state index in [1.54, 1.807) is 28.3 Å². The predicted octanol–water partition coefficient (Wildman–Crippen LogP) is 2.70. The van der Waals surface area contributed by atoms with Gasteiger partial charge in [-0.3, -0.25) is 4.40 Å². The van der Waals surface area contributed by atoms with Crippen LogP contribution in [0.1, 0.15) is 42.1 Å². The van der Waals surface area contributed by atoms with Crippen molar-refractivity contribution in [3.05, 3.63) is 23.1 Å². The largest absolute Gasteiger partial charge is 0.461 e. The van der Waals surface area contributed by atoms with Gasteiger partial charge in [-0.2, -0.15) is 0 Å². The lowest BCUT2D eigenvalue weighted by atomic mass is 10.1. The molecule has 0 aromatic carbocycles. The monoisotopic (exact) mass is 238 g/mol. The van der Waals surface area contributed by atoms with Crippen LogP contribution in [0.4, 0.5) is 0 Å². The lowest BCUT2D eigenvalue weighted by Gasteiger charge is -2.06. The number of aromatic nitrogens is 2. The summed E-state index contributed by atoms with van der Waals surface area (Å²) in [6.07, 6.45) is 3.42. The molecule has 2 aromatic rings. The molecule has 2 heterocycles. The third-order valence-electron chi connectivity index (χ3n) is 2.29. The van der Waals surface area contributed by atoms with Gasteiger partial charge in [0, 0.05) is 4.88 Å². The zero-order chi connectivity index (χ0) is 11.7. The van der Waals surface area contributed by atoms with E-state index in [0.717, 1.165) is 9.71 Å². The molecule has 2 rings (SSSR count). The molecule has 0 aliphatic heterocycles. The highest BCUT2D eigenvalue weighted by molar-refractivity contribution is 7.17. The Labute approximate surface area is 97.9 Å². The van der Waals surface area contributed by atoms with Gasteiger partial charge in [0.05, 0.1) is 12.8 Å². The fourth-order valence-electron chi connectivity index (χ4n) is 1.60. The molecule has 0 saturated heterocycles. The molecule has 0 atom stereocenters. The quantitative estimate of drug-likeness (QED) is 0.772. The van der Waals surface area contributed by atoms with Crippen molar-refractivity contribution in [3.63, 3.8) is 0 Å². The van der Waals surface area contributed by atoms with Crippen LogP contribution in [0, 0.1) is 0 Å². The normalized spacial score (nSPS) is 11.2. The number of esters is 1. The number of imidazole rings is 1. The van der Waals surface area contributed by atoms with Gasteiger partial charge < -0.3 is 4.74 Å².